The molecular weight excluding hydrogens is 298 g/mol. The highest BCUT2D eigenvalue weighted by Crippen LogP contribution is 2.25. The summed E-state index contributed by atoms with van der Waals surface area (Å²) in [6.45, 7) is 0. The van der Waals surface area contributed by atoms with Crippen LogP contribution < -0.4 is 0 Å². The molecule has 13 heavy (non-hydrogen) atoms. The molecule has 0 aliphatic carbocycles. The van der Waals surface area contributed by atoms with E-state index in [-0.39, 0.29) is 0 Å². The highest BCUT2D eigenvalue weighted by molar-refractivity contribution is 14.1. The molecule has 0 radical (unpaired) electrons. The van der Waals surface area contributed by atoms with Crippen molar-refractivity contribution < 1.29 is 0 Å². The lowest BCUT2D eigenvalue weighted by Crippen LogP contribution is -1.77. The molecule has 0 saturated carbocycles. The van der Waals surface area contributed by atoms with E-state index in [4.69, 9.17) is 11.6 Å². The minimum Gasteiger partial charge on any atom is -0.272 e. The first kappa shape index (κ1) is 9.02. The maximum atomic E-state index is 5.88. The first-order chi connectivity index (χ1) is 6.27. The van der Waals surface area contributed by atoms with E-state index in [9.17, 15) is 0 Å². The number of H-pyrrole nitrogens is 1. The van der Waals surface area contributed by atoms with Crippen molar-refractivity contribution in [1.82, 2.24) is 10.2 Å². The number of benzene rings is 1. The summed E-state index contributed by atoms with van der Waals surface area (Å²) >= 11 is 8.09. The van der Waals surface area contributed by atoms with E-state index in [1.165, 1.54) is 0 Å². The summed E-state index contributed by atoms with van der Waals surface area (Å²) in [6.07, 6.45) is 1.80. The summed E-state index contributed by atoms with van der Waals surface area (Å²) in [4.78, 5) is 0. The number of rotatable bonds is 1. The van der Waals surface area contributed by atoms with Crippen LogP contribution >= 0.6 is 34.2 Å². The number of halogens is 2. The van der Waals surface area contributed by atoms with Crippen LogP contribution in [0.3, 0.4) is 0 Å². The fourth-order valence-electron chi connectivity index (χ4n) is 1.13. The molecule has 0 atom stereocenters. The van der Waals surface area contributed by atoms with E-state index in [1.54, 1.807) is 6.20 Å². The van der Waals surface area contributed by atoms with Crippen LogP contribution in [-0.4, -0.2) is 10.2 Å². The molecule has 0 amide bonds. The molecule has 1 N–H and O–H groups in total. The van der Waals surface area contributed by atoms with Crippen LogP contribution in [0.15, 0.2) is 30.5 Å². The van der Waals surface area contributed by atoms with Crippen molar-refractivity contribution in [2.45, 2.75) is 0 Å². The molecule has 0 fully saturated rings. The summed E-state index contributed by atoms with van der Waals surface area (Å²) in [7, 11) is 0. The Balaban J connectivity index is 2.53. The molecular formula is C9H6ClIN2. The van der Waals surface area contributed by atoms with Crippen LogP contribution in [0.5, 0.6) is 0 Å². The Labute approximate surface area is 94.5 Å². The largest absolute Gasteiger partial charge is 0.272 e. The fraction of sp³-hybridized carbons (Fsp3) is 0. The Morgan fingerprint density at radius 2 is 2.23 bits per heavy atom. The van der Waals surface area contributed by atoms with Gasteiger partial charge in [0.15, 0.2) is 0 Å². The molecule has 66 valence electrons. The normalized spacial score (nSPS) is 10.3. The average Bonchev–Trinajstić information content (AvgIpc) is 2.51. The summed E-state index contributed by atoms with van der Waals surface area (Å²) in [5.74, 6) is 0. The van der Waals surface area contributed by atoms with E-state index >= 15 is 0 Å². The molecule has 0 spiro atoms. The third-order valence-corrected chi connectivity index (χ3v) is 2.79. The van der Waals surface area contributed by atoms with Gasteiger partial charge in [-0.05, 0) is 40.3 Å². The number of nitrogens with zero attached hydrogens (tertiary/aromatic N) is 1. The van der Waals surface area contributed by atoms with Crippen molar-refractivity contribution in [1.29, 1.82) is 0 Å². The third-order valence-electron chi connectivity index (χ3n) is 1.73. The Morgan fingerprint density at radius 3 is 2.85 bits per heavy atom. The molecule has 0 aliphatic rings. The van der Waals surface area contributed by atoms with E-state index in [0.29, 0.717) is 0 Å². The van der Waals surface area contributed by atoms with Gasteiger partial charge in [-0.2, -0.15) is 5.10 Å². The van der Waals surface area contributed by atoms with Gasteiger partial charge in [0.1, 0.15) is 3.70 Å². The average molecular weight is 305 g/mol. The fourth-order valence-corrected chi connectivity index (χ4v) is 1.91. The summed E-state index contributed by atoms with van der Waals surface area (Å²) in [5.41, 5.74) is 2.17. The van der Waals surface area contributed by atoms with Gasteiger partial charge in [0.05, 0.1) is 6.20 Å². The molecule has 1 aromatic heterocycles. The second-order valence-corrected chi connectivity index (χ2v) is 4.12. The molecule has 0 bridgehead atoms. The van der Waals surface area contributed by atoms with Crippen LogP contribution in [0, 0.1) is 3.70 Å². The number of hydrogen-bond acceptors (Lipinski definition) is 1. The third kappa shape index (κ3) is 1.86. The number of nitrogens with one attached hydrogen (secondary N) is 1. The second kappa shape index (κ2) is 3.67. The van der Waals surface area contributed by atoms with Gasteiger partial charge in [-0.3, -0.25) is 5.10 Å². The van der Waals surface area contributed by atoms with Crippen molar-refractivity contribution in [3.63, 3.8) is 0 Å². The monoisotopic (exact) mass is 304 g/mol. The van der Waals surface area contributed by atoms with Crippen LogP contribution in [0.4, 0.5) is 0 Å². The van der Waals surface area contributed by atoms with Gasteiger partial charge in [-0.25, -0.2) is 0 Å². The van der Waals surface area contributed by atoms with Gasteiger partial charge in [0, 0.05) is 10.6 Å². The summed E-state index contributed by atoms with van der Waals surface area (Å²) in [6, 6.07) is 7.73. The lowest BCUT2D eigenvalue weighted by molar-refractivity contribution is 1.07. The number of aromatic amines is 1. The quantitative estimate of drug-likeness (QED) is 0.804. The van der Waals surface area contributed by atoms with Crippen LogP contribution in [0.1, 0.15) is 0 Å². The Bertz CT molecular complexity index is 425. The molecule has 1 aromatic carbocycles. The Kier molecular flexibility index (Phi) is 2.55. The molecule has 4 heteroatoms. The van der Waals surface area contributed by atoms with E-state index < -0.39 is 0 Å². The predicted molar refractivity (Wildman–Crippen MR) is 61.8 cm³/mol. The lowest BCUT2D eigenvalue weighted by atomic mass is 10.1. The zero-order chi connectivity index (χ0) is 9.26. The van der Waals surface area contributed by atoms with Crippen molar-refractivity contribution >= 4 is 34.2 Å². The van der Waals surface area contributed by atoms with E-state index in [2.05, 4.69) is 32.8 Å². The van der Waals surface area contributed by atoms with Crippen molar-refractivity contribution in [3.8, 4) is 11.1 Å². The molecule has 1 heterocycles. The topological polar surface area (TPSA) is 28.7 Å². The highest BCUT2D eigenvalue weighted by Gasteiger charge is 2.04. The van der Waals surface area contributed by atoms with Gasteiger partial charge in [0.2, 0.25) is 0 Å². The Morgan fingerprint density at radius 1 is 1.38 bits per heavy atom. The van der Waals surface area contributed by atoms with Gasteiger partial charge in [-0.15, -0.1) is 0 Å². The summed E-state index contributed by atoms with van der Waals surface area (Å²) in [5, 5.41) is 7.58. The zero-order valence-corrected chi connectivity index (χ0v) is 9.50. The molecule has 0 unspecified atom stereocenters. The first-order valence-corrected chi connectivity index (χ1v) is 5.18. The molecule has 2 aromatic rings. The molecule has 2 nitrogen and oxygen atoms in total. The molecule has 0 saturated heterocycles. The maximum absolute atomic E-state index is 5.88. The van der Waals surface area contributed by atoms with Crippen LogP contribution in [0.25, 0.3) is 11.1 Å². The lowest BCUT2D eigenvalue weighted by Gasteiger charge is -1.98. The van der Waals surface area contributed by atoms with Gasteiger partial charge >= 0.3 is 0 Å². The molecule has 0 aliphatic heterocycles. The second-order valence-electron chi connectivity index (χ2n) is 2.61. The maximum Gasteiger partial charge on any atom is 0.104 e. The number of hydrogen-bond donors (Lipinski definition) is 1. The van der Waals surface area contributed by atoms with Crippen molar-refractivity contribution in [2.75, 3.05) is 0 Å². The minimum absolute atomic E-state index is 0.745. The van der Waals surface area contributed by atoms with Gasteiger partial charge < -0.3 is 0 Å². The Hall–Kier alpha value is -0.550. The van der Waals surface area contributed by atoms with Gasteiger partial charge in [-0.1, -0.05) is 23.7 Å². The highest BCUT2D eigenvalue weighted by atomic mass is 127. The minimum atomic E-state index is 0.745. The van der Waals surface area contributed by atoms with Crippen LogP contribution in [-0.2, 0) is 0 Å². The number of aromatic nitrogens is 2. The predicted octanol–water partition coefficient (Wildman–Crippen LogP) is 3.33. The standard InChI is InChI=1S/C9H6ClIN2/c10-7-3-1-2-6(4-7)8-5-12-13-9(8)11/h1-5H,(H,12,13). The first-order valence-electron chi connectivity index (χ1n) is 3.72. The molecule has 2 rings (SSSR count). The van der Waals surface area contributed by atoms with E-state index in [1.807, 2.05) is 24.3 Å². The zero-order valence-electron chi connectivity index (χ0n) is 6.59. The summed E-state index contributed by atoms with van der Waals surface area (Å²) < 4.78 is 1.03. The van der Waals surface area contributed by atoms with Crippen LogP contribution in [0.2, 0.25) is 5.02 Å². The van der Waals surface area contributed by atoms with E-state index in [0.717, 1.165) is 19.9 Å². The SMILES string of the molecule is Clc1cccc(-c2cn[nH]c2I)c1. The van der Waals surface area contributed by atoms with Crippen molar-refractivity contribution in [2.24, 2.45) is 0 Å². The smallest absolute Gasteiger partial charge is 0.104 e. The van der Waals surface area contributed by atoms with Gasteiger partial charge in [0.25, 0.3) is 0 Å². The van der Waals surface area contributed by atoms with Crippen molar-refractivity contribution in [3.05, 3.63) is 39.2 Å².